The van der Waals surface area contributed by atoms with E-state index in [9.17, 15) is 4.79 Å². The lowest BCUT2D eigenvalue weighted by atomic mass is 10.1. The zero-order valence-electron chi connectivity index (χ0n) is 18.0. The lowest BCUT2D eigenvalue weighted by Crippen LogP contribution is -2.11. The molecule has 0 saturated heterocycles. The minimum absolute atomic E-state index is 0.0664. The van der Waals surface area contributed by atoms with E-state index in [2.05, 4.69) is 44.6 Å². The smallest absolute Gasteiger partial charge is 0.255 e. The van der Waals surface area contributed by atoms with Crippen molar-refractivity contribution in [2.24, 2.45) is 0 Å². The van der Waals surface area contributed by atoms with Gasteiger partial charge >= 0.3 is 0 Å². The molecule has 2 N–H and O–H groups in total. The van der Waals surface area contributed by atoms with Gasteiger partial charge in [-0.2, -0.15) is 4.98 Å². The number of carbonyl (C=O) groups excluding carboxylic acids is 1. The summed E-state index contributed by atoms with van der Waals surface area (Å²) >= 11 is 0. The van der Waals surface area contributed by atoms with Crippen LogP contribution in [0.15, 0.2) is 97.5 Å². The third-order valence-corrected chi connectivity index (χ3v) is 5.37. The van der Waals surface area contributed by atoms with Gasteiger partial charge < -0.3 is 10.6 Å². The highest BCUT2D eigenvalue weighted by Gasteiger charge is 2.11. The fourth-order valence-corrected chi connectivity index (χ4v) is 3.64. The Labute approximate surface area is 191 Å². The monoisotopic (exact) mass is 434 g/mol. The van der Waals surface area contributed by atoms with Crippen molar-refractivity contribution >= 4 is 28.6 Å². The van der Waals surface area contributed by atoms with Crippen molar-refractivity contribution in [3.63, 3.8) is 0 Å². The Bertz CT molecular complexity index is 1400. The highest BCUT2D eigenvalue weighted by molar-refractivity contribution is 6.04. The van der Waals surface area contributed by atoms with Gasteiger partial charge in [-0.05, 0) is 48.9 Å². The first-order valence-electron chi connectivity index (χ1n) is 10.7. The topological polar surface area (TPSA) is 84.7 Å². The molecule has 0 unspecified atom stereocenters. The van der Waals surface area contributed by atoms with Gasteiger partial charge in [0, 0.05) is 17.4 Å². The molecule has 7 nitrogen and oxygen atoms in total. The summed E-state index contributed by atoms with van der Waals surface area (Å²) in [6.45, 7) is 2.07. The number of fused-ring (bicyclic) bond motifs is 1. The van der Waals surface area contributed by atoms with Crippen molar-refractivity contribution < 1.29 is 4.79 Å². The molecule has 0 fully saturated rings. The SMILES string of the molecule is C[C@H](Nc1nccc(-n2cnc3cc(NC(=O)c4ccccc4)ccc32)n1)c1ccccc1. The van der Waals surface area contributed by atoms with E-state index in [-0.39, 0.29) is 11.9 Å². The Hall–Kier alpha value is -4.52. The predicted molar refractivity (Wildman–Crippen MR) is 130 cm³/mol. The highest BCUT2D eigenvalue weighted by Crippen LogP contribution is 2.22. The lowest BCUT2D eigenvalue weighted by Gasteiger charge is -2.14. The quantitative estimate of drug-likeness (QED) is 0.382. The summed E-state index contributed by atoms with van der Waals surface area (Å²) in [6.07, 6.45) is 3.45. The maximum Gasteiger partial charge on any atom is 0.255 e. The van der Waals surface area contributed by atoms with Gasteiger partial charge in [0.2, 0.25) is 5.95 Å². The van der Waals surface area contributed by atoms with Crippen LogP contribution in [0.1, 0.15) is 28.9 Å². The van der Waals surface area contributed by atoms with Gasteiger partial charge in [-0.1, -0.05) is 48.5 Å². The van der Waals surface area contributed by atoms with Gasteiger partial charge in [-0.25, -0.2) is 9.97 Å². The van der Waals surface area contributed by atoms with Gasteiger partial charge in [-0.15, -0.1) is 0 Å². The van der Waals surface area contributed by atoms with Gasteiger partial charge in [0.05, 0.1) is 17.1 Å². The van der Waals surface area contributed by atoms with Crippen LogP contribution in [-0.4, -0.2) is 25.4 Å². The molecular formula is C26H22N6O. The molecule has 1 amide bonds. The largest absolute Gasteiger partial charge is 0.348 e. The van der Waals surface area contributed by atoms with Crippen LogP contribution in [0.2, 0.25) is 0 Å². The molecule has 33 heavy (non-hydrogen) atoms. The van der Waals surface area contributed by atoms with E-state index < -0.39 is 0 Å². The Kier molecular flexibility index (Phi) is 5.51. The highest BCUT2D eigenvalue weighted by atomic mass is 16.1. The molecule has 2 aromatic heterocycles. The molecule has 0 aliphatic rings. The number of aromatic nitrogens is 4. The first-order chi connectivity index (χ1) is 16.2. The van der Waals surface area contributed by atoms with Gasteiger partial charge in [0.25, 0.3) is 5.91 Å². The molecule has 3 aromatic carbocycles. The molecule has 1 atom stereocenters. The zero-order valence-corrected chi connectivity index (χ0v) is 18.0. The molecular weight excluding hydrogens is 412 g/mol. The van der Waals surface area contributed by atoms with Gasteiger partial charge in [0.15, 0.2) is 0 Å². The average Bonchev–Trinajstić information content (AvgIpc) is 3.28. The summed E-state index contributed by atoms with van der Waals surface area (Å²) in [6, 6.07) is 26.8. The number of anilines is 2. The summed E-state index contributed by atoms with van der Waals surface area (Å²) in [5.41, 5.74) is 4.09. The number of rotatable bonds is 6. The van der Waals surface area contributed by atoms with Crippen LogP contribution in [0.25, 0.3) is 16.9 Å². The van der Waals surface area contributed by atoms with Gasteiger partial charge in [-0.3, -0.25) is 9.36 Å². The van der Waals surface area contributed by atoms with Crippen molar-refractivity contribution in [1.29, 1.82) is 0 Å². The minimum Gasteiger partial charge on any atom is -0.348 e. The number of carbonyl (C=O) groups is 1. The fourth-order valence-electron chi connectivity index (χ4n) is 3.64. The van der Waals surface area contributed by atoms with Crippen LogP contribution in [0.4, 0.5) is 11.6 Å². The van der Waals surface area contributed by atoms with E-state index in [0.717, 1.165) is 16.6 Å². The number of amides is 1. The maximum absolute atomic E-state index is 12.4. The average molecular weight is 435 g/mol. The van der Waals surface area contributed by atoms with E-state index in [4.69, 9.17) is 0 Å². The Morgan fingerprint density at radius 1 is 0.909 bits per heavy atom. The van der Waals surface area contributed by atoms with E-state index in [1.165, 1.54) is 0 Å². The number of nitrogens with zero attached hydrogens (tertiary/aromatic N) is 4. The van der Waals surface area contributed by atoms with Crippen molar-refractivity contribution in [3.8, 4) is 5.82 Å². The number of hydrogen-bond acceptors (Lipinski definition) is 5. The summed E-state index contributed by atoms with van der Waals surface area (Å²) in [4.78, 5) is 26.0. The molecule has 0 bridgehead atoms. The van der Waals surface area contributed by atoms with Crippen LogP contribution >= 0.6 is 0 Å². The van der Waals surface area contributed by atoms with Crippen LogP contribution < -0.4 is 10.6 Å². The second-order valence-electron chi connectivity index (χ2n) is 7.65. The third-order valence-electron chi connectivity index (χ3n) is 5.37. The number of imidazole rings is 1. The molecule has 0 spiro atoms. The van der Waals surface area contributed by atoms with Crippen LogP contribution in [0.3, 0.4) is 0 Å². The number of hydrogen-bond donors (Lipinski definition) is 2. The van der Waals surface area contributed by atoms with Crippen molar-refractivity contribution in [2.75, 3.05) is 10.6 Å². The summed E-state index contributed by atoms with van der Waals surface area (Å²) < 4.78 is 1.90. The van der Waals surface area contributed by atoms with Crippen LogP contribution in [0.5, 0.6) is 0 Å². The Morgan fingerprint density at radius 2 is 1.67 bits per heavy atom. The molecule has 162 valence electrons. The third kappa shape index (κ3) is 4.43. The lowest BCUT2D eigenvalue weighted by molar-refractivity contribution is 0.102. The van der Waals surface area contributed by atoms with Crippen LogP contribution in [0, 0.1) is 0 Å². The van der Waals surface area contributed by atoms with Crippen molar-refractivity contribution in [1.82, 2.24) is 19.5 Å². The molecule has 0 aliphatic carbocycles. The maximum atomic E-state index is 12.4. The predicted octanol–water partition coefficient (Wildman–Crippen LogP) is 5.24. The minimum atomic E-state index is -0.159. The Balaban J connectivity index is 1.37. The zero-order chi connectivity index (χ0) is 22.6. The van der Waals surface area contributed by atoms with Crippen molar-refractivity contribution in [3.05, 3.63) is 109 Å². The summed E-state index contributed by atoms with van der Waals surface area (Å²) in [5, 5.41) is 6.27. The Morgan fingerprint density at radius 3 is 2.45 bits per heavy atom. The molecule has 0 saturated carbocycles. The summed E-state index contributed by atoms with van der Waals surface area (Å²) in [7, 11) is 0. The summed E-state index contributed by atoms with van der Waals surface area (Å²) in [5.74, 6) is 1.09. The second kappa shape index (κ2) is 8.92. The first-order valence-corrected chi connectivity index (χ1v) is 10.7. The molecule has 5 aromatic rings. The van der Waals surface area contributed by atoms with E-state index in [1.54, 1.807) is 24.7 Å². The molecule has 2 heterocycles. The molecule has 5 rings (SSSR count). The van der Waals surface area contributed by atoms with E-state index >= 15 is 0 Å². The standard InChI is InChI=1S/C26H22N6O/c1-18(19-8-4-2-5-9-19)29-26-27-15-14-24(31-26)32-17-28-22-16-21(12-13-23(22)32)30-25(33)20-10-6-3-7-11-20/h2-18H,1H3,(H,30,33)(H,27,29,31)/t18-/m0/s1. The van der Waals surface area contributed by atoms with E-state index in [1.807, 2.05) is 65.2 Å². The van der Waals surface area contributed by atoms with Gasteiger partial charge in [0.1, 0.15) is 12.1 Å². The molecule has 0 radical (unpaired) electrons. The number of benzene rings is 3. The van der Waals surface area contributed by atoms with Crippen LogP contribution in [-0.2, 0) is 0 Å². The second-order valence-corrected chi connectivity index (χ2v) is 7.65. The van der Waals surface area contributed by atoms with E-state index in [0.29, 0.717) is 23.0 Å². The molecule has 7 heteroatoms. The molecule has 0 aliphatic heterocycles. The van der Waals surface area contributed by atoms with Crippen molar-refractivity contribution in [2.45, 2.75) is 13.0 Å². The fraction of sp³-hybridized carbons (Fsp3) is 0.0769. The first kappa shape index (κ1) is 20.4. The normalized spacial score (nSPS) is 11.8. The number of nitrogens with one attached hydrogen (secondary N) is 2.